The van der Waals surface area contributed by atoms with Crippen molar-refractivity contribution in [3.8, 4) is 0 Å². The van der Waals surface area contributed by atoms with Gasteiger partial charge in [0, 0.05) is 17.2 Å². The molecular weight excluding hydrogens is 262 g/mol. The van der Waals surface area contributed by atoms with Crippen molar-refractivity contribution in [2.24, 2.45) is 11.8 Å². The number of hydrogen-bond donors (Lipinski definition) is 1. The third-order valence-electron chi connectivity index (χ3n) is 4.07. The highest BCUT2D eigenvalue weighted by molar-refractivity contribution is 7.99. The van der Waals surface area contributed by atoms with Crippen LogP contribution in [-0.4, -0.2) is 12.3 Å². The highest BCUT2D eigenvalue weighted by Gasteiger charge is 2.15. The highest BCUT2D eigenvalue weighted by atomic mass is 32.2. The highest BCUT2D eigenvalue weighted by Crippen LogP contribution is 2.32. The fourth-order valence-electron chi connectivity index (χ4n) is 2.87. The molecule has 1 aromatic rings. The number of benzene rings is 1. The van der Waals surface area contributed by atoms with E-state index in [-0.39, 0.29) is 0 Å². The summed E-state index contributed by atoms with van der Waals surface area (Å²) in [6.07, 6.45) is 5.79. The number of thioether (sulfide) groups is 1. The van der Waals surface area contributed by atoms with Crippen LogP contribution in [0, 0.1) is 18.8 Å². The molecule has 0 aliphatic heterocycles. The molecule has 0 aromatic heterocycles. The van der Waals surface area contributed by atoms with E-state index in [0.717, 1.165) is 24.9 Å². The Morgan fingerprint density at radius 3 is 2.65 bits per heavy atom. The molecule has 0 heterocycles. The second kappa shape index (κ2) is 8.09. The van der Waals surface area contributed by atoms with Crippen LogP contribution >= 0.6 is 11.8 Å². The van der Waals surface area contributed by atoms with Crippen LogP contribution in [-0.2, 0) is 6.54 Å². The Labute approximate surface area is 128 Å². The summed E-state index contributed by atoms with van der Waals surface area (Å²) < 4.78 is 0. The molecule has 0 spiro atoms. The van der Waals surface area contributed by atoms with E-state index in [0.29, 0.717) is 0 Å². The van der Waals surface area contributed by atoms with Crippen molar-refractivity contribution in [2.75, 3.05) is 12.3 Å². The summed E-state index contributed by atoms with van der Waals surface area (Å²) in [5.74, 6) is 3.00. The zero-order chi connectivity index (χ0) is 14.4. The minimum absolute atomic E-state index is 0.720. The molecule has 1 fully saturated rings. The fraction of sp³-hybridized carbons (Fsp3) is 0.667. The molecule has 0 unspecified atom stereocenters. The molecule has 2 rings (SSSR count). The molecule has 0 atom stereocenters. The molecule has 20 heavy (non-hydrogen) atoms. The van der Waals surface area contributed by atoms with E-state index in [4.69, 9.17) is 0 Å². The van der Waals surface area contributed by atoms with Gasteiger partial charge in [-0.3, -0.25) is 0 Å². The average Bonchev–Trinajstić information content (AvgIpc) is 2.90. The van der Waals surface area contributed by atoms with Crippen LogP contribution in [0.3, 0.4) is 0 Å². The van der Waals surface area contributed by atoms with Crippen molar-refractivity contribution >= 4 is 11.8 Å². The zero-order valence-electron chi connectivity index (χ0n) is 13.2. The Hall–Kier alpha value is -0.470. The molecule has 1 aromatic carbocycles. The van der Waals surface area contributed by atoms with Crippen LogP contribution in [0.15, 0.2) is 23.1 Å². The van der Waals surface area contributed by atoms with Crippen LogP contribution in [0.4, 0.5) is 0 Å². The normalized spacial score (nSPS) is 16.2. The van der Waals surface area contributed by atoms with Crippen molar-refractivity contribution in [1.82, 2.24) is 5.32 Å². The van der Waals surface area contributed by atoms with Gasteiger partial charge in [0.25, 0.3) is 0 Å². The monoisotopic (exact) mass is 291 g/mol. The van der Waals surface area contributed by atoms with Crippen molar-refractivity contribution in [2.45, 2.75) is 57.9 Å². The van der Waals surface area contributed by atoms with Crippen LogP contribution in [0.5, 0.6) is 0 Å². The largest absolute Gasteiger partial charge is 0.312 e. The van der Waals surface area contributed by atoms with E-state index in [1.54, 1.807) is 0 Å². The van der Waals surface area contributed by atoms with Crippen LogP contribution in [0.1, 0.15) is 50.7 Å². The number of aryl methyl sites for hydroxylation is 1. The van der Waals surface area contributed by atoms with Crippen molar-refractivity contribution < 1.29 is 0 Å². The summed E-state index contributed by atoms with van der Waals surface area (Å²) in [6, 6.07) is 6.96. The summed E-state index contributed by atoms with van der Waals surface area (Å²) in [6.45, 7) is 8.84. The lowest BCUT2D eigenvalue weighted by molar-refractivity contribution is 0.552. The molecule has 112 valence electrons. The molecule has 0 radical (unpaired) electrons. The van der Waals surface area contributed by atoms with Crippen LogP contribution in [0.25, 0.3) is 0 Å². The van der Waals surface area contributed by atoms with Gasteiger partial charge in [0.05, 0.1) is 0 Å². The summed E-state index contributed by atoms with van der Waals surface area (Å²) >= 11 is 2.06. The summed E-state index contributed by atoms with van der Waals surface area (Å²) in [5.41, 5.74) is 2.85. The van der Waals surface area contributed by atoms with Gasteiger partial charge in [-0.05, 0) is 55.3 Å². The lowest BCUT2D eigenvalue weighted by Crippen LogP contribution is -2.18. The van der Waals surface area contributed by atoms with E-state index in [2.05, 4.69) is 56.0 Å². The molecule has 1 saturated carbocycles. The van der Waals surface area contributed by atoms with Gasteiger partial charge in [0.1, 0.15) is 0 Å². The molecular formula is C18H29NS. The molecule has 0 saturated heterocycles. The first kappa shape index (κ1) is 15.9. The summed E-state index contributed by atoms with van der Waals surface area (Å²) in [4.78, 5) is 1.48. The Morgan fingerprint density at radius 1 is 1.25 bits per heavy atom. The van der Waals surface area contributed by atoms with Crippen molar-refractivity contribution in [3.63, 3.8) is 0 Å². The SMILES string of the molecule is Cc1cc(CNCC(C)C)ccc1SCC1CCCC1. The molecule has 2 heteroatoms. The van der Waals surface area contributed by atoms with Crippen molar-refractivity contribution in [1.29, 1.82) is 0 Å². The first-order chi connectivity index (χ1) is 9.65. The molecule has 0 bridgehead atoms. The van der Waals surface area contributed by atoms with Crippen LogP contribution in [0.2, 0.25) is 0 Å². The number of nitrogens with one attached hydrogen (secondary N) is 1. The van der Waals surface area contributed by atoms with Gasteiger partial charge in [0.2, 0.25) is 0 Å². The van der Waals surface area contributed by atoms with E-state index >= 15 is 0 Å². The lowest BCUT2D eigenvalue weighted by atomic mass is 10.1. The second-order valence-corrected chi connectivity index (χ2v) is 7.65. The van der Waals surface area contributed by atoms with Gasteiger partial charge >= 0.3 is 0 Å². The third kappa shape index (κ3) is 5.14. The average molecular weight is 292 g/mol. The predicted molar refractivity (Wildman–Crippen MR) is 90.4 cm³/mol. The maximum Gasteiger partial charge on any atom is 0.0205 e. The van der Waals surface area contributed by atoms with E-state index in [9.17, 15) is 0 Å². The molecule has 1 aliphatic rings. The zero-order valence-corrected chi connectivity index (χ0v) is 14.1. The summed E-state index contributed by atoms with van der Waals surface area (Å²) in [5, 5.41) is 3.52. The minimum Gasteiger partial charge on any atom is -0.312 e. The van der Waals surface area contributed by atoms with E-state index in [1.807, 2.05) is 0 Å². The second-order valence-electron chi connectivity index (χ2n) is 6.59. The van der Waals surface area contributed by atoms with Crippen molar-refractivity contribution in [3.05, 3.63) is 29.3 Å². The molecule has 0 amide bonds. The number of hydrogen-bond acceptors (Lipinski definition) is 2. The van der Waals surface area contributed by atoms with Crippen LogP contribution < -0.4 is 5.32 Å². The molecule has 1 aliphatic carbocycles. The maximum absolute atomic E-state index is 3.52. The van der Waals surface area contributed by atoms with Gasteiger partial charge in [-0.2, -0.15) is 0 Å². The minimum atomic E-state index is 0.720. The topological polar surface area (TPSA) is 12.0 Å². The third-order valence-corrected chi connectivity index (χ3v) is 5.48. The number of rotatable bonds is 7. The van der Waals surface area contributed by atoms with E-state index in [1.165, 1.54) is 47.5 Å². The predicted octanol–water partition coefficient (Wildman–Crippen LogP) is 5.02. The van der Waals surface area contributed by atoms with Gasteiger partial charge < -0.3 is 5.32 Å². The molecule has 1 N–H and O–H groups in total. The fourth-order valence-corrected chi connectivity index (χ4v) is 4.07. The van der Waals surface area contributed by atoms with Gasteiger partial charge in [-0.1, -0.05) is 38.8 Å². The van der Waals surface area contributed by atoms with E-state index < -0.39 is 0 Å². The lowest BCUT2D eigenvalue weighted by Gasteiger charge is -2.12. The Morgan fingerprint density at radius 2 is 2.00 bits per heavy atom. The van der Waals surface area contributed by atoms with Gasteiger partial charge in [-0.25, -0.2) is 0 Å². The Bertz CT molecular complexity index is 408. The van der Waals surface area contributed by atoms with Gasteiger partial charge in [-0.15, -0.1) is 11.8 Å². The quantitative estimate of drug-likeness (QED) is 0.708. The summed E-state index contributed by atoms with van der Waals surface area (Å²) in [7, 11) is 0. The first-order valence-corrected chi connectivity index (χ1v) is 9.06. The Kier molecular flexibility index (Phi) is 6.44. The van der Waals surface area contributed by atoms with Gasteiger partial charge in [0.15, 0.2) is 0 Å². The maximum atomic E-state index is 3.52. The standard InChI is InChI=1S/C18H29NS/c1-14(2)11-19-12-17-8-9-18(15(3)10-17)20-13-16-6-4-5-7-16/h8-10,14,16,19H,4-7,11-13H2,1-3H3. The smallest absolute Gasteiger partial charge is 0.0205 e. The first-order valence-electron chi connectivity index (χ1n) is 8.08. The molecule has 1 nitrogen and oxygen atoms in total. The Balaban J connectivity index is 1.81.